The van der Waals surface area contributed by atoms with Crippen molar-refractivity contribution in [2.45, 2.75) is 20.4 Å². The first-order chi connectivity index (χ1) is 8.99. The third-order valence-corrected chi connectivity index (χ3v) is 4.21. The molecule has 0 aliphatic heterocycles. The molecule has 0 radical (unpaired) electrons. The van der Waals surface area contributed by atoms with Crippen LogP contribution < -0.4 is 10.2 Å². The molecule has 0 saturated carbocycles. The third-order valence-electron chi connectivity index (χ3n) is 3.07. The Labute approximate surface area is 115 Å². The van der Waals surface area contributed by atoms with E-state index in [1.54, 1.807) is 14.0 Å². The van der Waals surface area contributed by atoms with Crippen LogP contribution in [-0.4, -0.2) is 10.5 Å². The average Bonchev–Trinajstić information content (AvgIpc) is 2.65. The molecule has 4 nitrogen and oxygen atoms in total. The van der Waals surface area contributed by atoms with Crippen LogP contribution in [-0.2, 0) is 13.6 Å². The van der Waals surface area contributed by atoms with Gasteiger partial charge in [0.25, 0.3) is 5.91 Å². The molecule has 0 aliphatic carbocycles. The molecule has 1 N–H and O–H groups in total. The van der Waals surface area contributed by atoms with Crippen LogP contribution in [0.3, 0.4) is 0 Å². The minimum Gasteiger partial charge on any atom is -0.347 e. The Balaban J connectivity index is 2.07. The molecule has 2 rings (SSSR count). The van der Waals surface area contributed by atoms with Gasteiger partial charge in [-0.1, -0.05) is 41.2 Å². The minimum absolute atomic E-state index is 0.113. The molecule has 1 amide bonds. The van der Waals surface area contributed by atoms with Crippen molar-refractivity contribution in [1.29, 1.82) is 0 Å². The van der Waals surface area contributed by atoms with E-state index in [2.05, 4.69) is 5.32 Å². The van der Waals surface area contributed by atoms with Gasteiger partial charge in [0.1, 0.15) is 4.88 Å². The summed E-state index contributed by atoms with van der Waals surface area (Å²) in [5.41, 5.74) is 2.93. The van der Waals surface area contributed by atoms with Gasteiger partial charge in [0.05, 0.1) is 0 Å². The summed E-state index contributed by atoms with van der Waals surface area (Å²) in [7, 11) is 1.67. The number of carbonyl (C=O) groups excluding carboxylic acids is 1. The Hall–Kier alpha value is -1.88. The van der Waals surface area contributed by atoms with Crippen LogP contribution in [0.25, 0.3) is 0 Å². The molecule has 19 heavy (non-hydrogen) atoms. The van der Waals surface area contributed by atoms with Crippen LogP contribution in [0.5, 0.6) is 0 Å². The number of nitrogens with one attached hydrogen (secondary N) is 1. The smallest absolute Gasteiger partial charge is 0.307 e. The van der Waals surface area contributed by atoms with E-state index in [0.717, 1.165) is 16.9 Å². The summed E-state index contributed by atoms with van der Waals surface area (Å²) >= 11 is 0.982. The summed E-state index contributed by atoms with van der Waals surface area (Å²) in [4.78, 5) is 23.9. The molecule has 100 valence electrons. The second kappa shape index (κ2) is 5.40. The molecule has 0 aliphatic rings. The van der Waals surface area contributed by atoms with E-state index in [9.17, 15) is 9.59 Å². The number of rotatable bonds is 3. The zero-order valence-corrected chi connectivity index (χ0v) is 12.0. The molecule has 0 unspecified atom stereocenters. The summed E-state index contributed by atoms with van der Waals surface area (Å²) in [6.07, 6.45) is 0. The summed E-state index contributed by atoms with van der Waals surface area (Å²) in [5, 5.41) is 2.84. The van der Waals surface area contributed by atoms with E-state index in [4.69, 9.17) is 0 Å². The standard InChI is InChI=1S/C14H16N2O2S/c1-9-4-6-11(7-5-9)8-15-13(17)12-10(2)16(3)14(18)19-12/h4-7H,8H2,1-3H3,(H,15,17). The average molecular weight is 276 g/mol. The van der Waals surface area contributed by atoms with Crippen molar-refractivity contribution in [3.8, 4) is 0 Å². The maximum absolute atomic E-state index is 12.0. The van der Waals surface area contributed by atoms with Gasteiger partial charge >= 0.3 is 4.87 Å². The fraction of sp³-hybridized carbons (Fsp3) is 0.286. The molecule has 2 aromatic rings. The van der Waals surface area contributed by atoms with Crippen LogP contribution in [0.1, 0.15) is 26.5 Å². The lowest BCUT2D eigenvalue weighted by Crippen LogP contribution is -2.22. The zero-order valence-electron chi connectivity index (χ0n) is 11.2. The predicted octanol–water partition coefficient (Wildman–Crippen LogP) is 1.99. The first kappa shape index (κ1) is 13.5. The van der Waals surface area contributed by atoms with Gasteiger partial charge in [-0.2, -0.15) is 0 Å². The van der Waals surface area contributed by atoms with Crippen LogP contribution in [0, 0.1) is 13.8 Å². The Morgan fingerprint density at radius 2 is 1.89 bits per heavy atom. The highest BCUT2D eigenvalue weighted by molar-refractivity contribution is 7.11. The van der Waals surface area contributed by atoms with Crippen molar-refractivity contribution >= 4 is 17.2 Å². The number of carbonyl (C=O) groups is 1. The highest BCUT2D eigenvalue weighted by Gasteiger charge is 2.15. The molecule has 0 fully saturated rings. The van der Waals surface area contributed by atoms with Crippen molar-refractivity contribution in [2.75, 3.05) is 0 Å². The summed E-state index contributed by atoms with van der Waals surface area (Å²) in [6, 6.07) is 7.98. The van der Waals surface area contributed by atoms with E-state index >= 15 is 0 Å². The Morgan fingerprint density at radius 3 is 2.42 bits per heavy atom. The van der Waals surface area contributed by atoms with E-state index < -0.39 is 0 Å². The molecule has 1 aromatic heterocycles. The van der Waals surface area contributed by atoms with Crippen LogP contribution in [0.4, 0.5) is 0 Å². The molecule has 0 atom stereocenters. The second-order valence-electron chi connectivity index (χ2n) is 4.51. The summed E-state index contributed by atoms with van der Waals surface area (Å²) in [6.45, 7) is 4.26. The van der Waals surface area contributed by atoms with Crippen molar-refractivity contribution < 1.29 is 4.79 Å². The highest BCUT2D eigenvalue weighted by atomic mass is 32.1. The predicted molar refractivity (Wildman–Crippen MR) is 76.6 cm³/mol. The van der Waals surface area contributed by atoms with Gasteiger partial charge in [0, 0.05) is 19.3 Å². The van der Waals surface area contributed by atoms with Crippen LogP contribution in [0.15, 0.2) is 29.1 Å². The highest BCUT2D eigenvalue weighted by Crippen LogP contribution is 2.10. The molecule has 1 aromatic carbocycles. The molecular formula is C14H16N2O2S. The fourth-order valence-corrected chi connectivity index (χ4v) is 2.60. The number of aromatic nitrogens is 1. The summed E-state index contributed by atoms with van der Waals surface area (Å²) < 4.78 is 1.49. The van der Waals surface area contributed by atoms with Crippen molar-refractivity contribution in [3.63, 3.8) is 0 Å². The maximum Gasteiger partial charge on any atom is 0.307 e. The SMILES string of the molecule is Cc1ccc(CNC(=O)c2sc(=O)n(C)c2C)cc1. The minimum atomic E-state index is -0.194. The second-order valence-corrected chi connectivity index (χ2v) is 5.47. The quantitative estimate of drug-likeness (QED) is 0.932. The van der Waals surface area contributed by atoms with E-state index in [1.165, 1.54) is 10.1 Å². The van der Waals surface area contributed by atoms with Gasteiger partial charge in [-0.15, -0.1) is 0 Å². The number of benzene rings is 1. The number of thiazole rings is 1. The van der Waals surface area contributed by atoms with Crippen molar-refractivity contribution in [1.82, 2.24) is 9.88 Å². The Morgan fingerprint density at radius 1 is 1.26 bits per heavy atom. The molecular weight excluding hydrogens is 260 g/mol. The summed E-state index contributed by atoms with van der Waals surface area (Å²) in [5.74, 6) is -0.194. The first-order valence-electron chi connectivity index (χ1n) is 5.99. The van der Waals surface area contributed by atoms with Gasteiger partial charge < -0.3 is 9.88 Å². The van der Waals surface area contributed by atoms with Gasteiger partial charge in [0.2, 0.25) is 0 Å². The fourth-order valence-electron chi connectivity index (χ4n) is 1.70. The van der Waals surface area contributed by atoms with E-state index in [0.29, 0.717) is 17.1 Å². The number of hydrogen-bond acceptors (Lipinski definition) is 3. The number of aryl methyl sites for hydroxylation is 1. The van der Waals surface area contributed by atoms with Crippen molar-refractivity contribution in [3.05, 3.63) is 55.6 Å². The third kappa shape index (κ3) is 2.93. The monoisotopic (exact) mass is 276 g/mol. The zero-order chi connectivity index (χ0) is 14.0. The van der Waals surface area contributed by atoms with E-state index in [-0.39, 0.29) is 10.8 Å². The van der Waals surface area contributed by atoms with Crippen LogP contribution >= 0.6 is 11.3 Å². The first-order valence-corrected chi connectivity index (χ1v) is 6.81. The topological polar surface area (TPSA) is 51.1 Å². The largest absolute Gasteiger partial charge is 0.347 e. The van der Waals surface area contributed by atoms with Gasteiger partial charge in [-0.25, -0.2) is 0 Å². The normalized spacial score (nSPS) is 10.5. The molecule has 0 bridgehead atoms. The van der Waals surface area contributed by atoms with Gasteiger partial charge in [0.15, 0.2) is 0 Å². The molecule has 1 heterocycles. The Bertz CT molecular complexity index is 653. The van der Waals surface area contributed by atoms with Crippen LogP contribution in [0.2, 0.25) is 0 Å². The molecule has 0 saturated heterocycles. The Kier molecular flexibility index (Phi) is 3.85. The number of nitrogens with zero attached hydrogens (tertiary/aromatic N) is 1. The van der Waals surface area contributed by atoms with Gasteiger partial charge in [-0.3, -0.25) is 9.59 Å². The van der Waals surface area contributed by atoms with E-state index in [1.807, 2.05) is 31.2 Å². The number of amides is 1. The maximum atomic E-state index is 12.0. The number of hydrogen-bond donors (Lipinski definition) is 1. The molecule has 5 heteroatoms. The lowest BCUT2D eigenvalue weighted by Gasteiger charge is -2.05. The molecule has 0 spiro atoms. The lowest BCUT2D eigenvalue weighted by atomic mass is 10.1. The van der Waals surface area contributed by atoms with Gasteiger partial charge in [-0.05, 0) is 19.4 Å². The lowest BCUT2D eigenvalue weighted by molar-refractivity contribution is 0.0954. The van der Waals surface area contributed by atoms with Crippen molar-refractivity contribution in [2.24, 2.45) is 7.05 Å².